The lowest BCUT2D eigenvalue weighted by Gasteiger charge is -2.05. The molecule has 0 radical (unpaired) electrons. The van der Waals surface area contributed by atoms with Gasteiger partial charge in [0, 0.05) is 11.3 Å². The maximum absolute atomic E-state index is 11.6. The molecule has 0 bridgehead atoms. The second kappa shape index (κ2) is 5.30. The van der Waals surface area contributed by atoms with E-state index in [2.05, 4.69) is 15.5 Å². The van der Waals surface area contributed by atoms with Crippen LogP contribution in [0.2, 0.25) is 0 Å². The van der Waals surface area contributed by atoms with Crippen LogP contribution in [0.3, 0.4) is 0 Å². The van der Waals surface area contributed by atoms with Crippen molar-refractivity contribution in [2.45, 2.75) is 36.4 Å². The molecule has 3 heterocycles. The number of carbonyl (C=O) groups is 1. The largest absolute Gasteiger partial charge is 0.462 e. The Labute approximate surface area is 118 Å². The van der Waals surface area contributed by atoms with Crippen molar-refractivity contribution in [3.63, 3.8) is 0 Å². The van der Waals surface area contributed by atoms with Crippen LogP contribution in [0.1, 0.15) is 18.2 Å². The molecule has 2 unspecified atom stereocenters. The highest BCUT2D eigenvalue weighted by Gasteiger charge is 2.34. The first-order valence-corrected chi connectivity index (χ1v) is 7.64. The van der Waals surface area contributed by atoms with Crippen LogP contribution in [0.5, 0.6) is 0 Å². The third-order valence-corrected chi connectivity index (χ3v) is 4.79. The van der Waals surface area contributed by atoms with Gasteiger partial charge in [-0.1, -0.05) is 17.8 Å². The minimum absolute atomic E-state index is 0.0216. The zero-order valence-electron chi connectivity index (χ0n) is 10.2. The Bertz CT molecular complexity index is 569. The number of tetrazole rings is 1. The fourth-order valence-corrected chi connectivity index (χ4v) is 3.64. The van der Waals surface area contributed by atoms with Crippen molar-refractivity contribution in [2.24, 2.45) is 0 Å². The molecule has 1 saturated heterocycles. The standard InChI is InChI=1S/C11H12N4O2S2/c1-7-5-9(10(16)17-7)19-11-12-13-14-15(11)6-8-3-2-4-18-8/h2-4,7,9H,5-6H2,1H3. The fraction of sp³-hybridized carbons (Fsp3) is 0.455. The zero-order valence-corrected chi connectivity index (χ0v) is 11.9. The van der Waals surface area contributed by atoms with E-state index in [0.717, 1.165) is 0 Å². The van der Waals surface area contributed by atoms with Crippen LogP contribution < -0.4 is 0 Å². The minimum atomic E-state index is -0.205. The maximum Gasteiger partial charge on any atom is 0.319 e. The number of cyclic esters (lactones) is 1. The van der Waals surface area contributed by atoms with E-state index in [1.807, 2.05) is 24.4 Å². The van der Waals surface area contributed by atoms with Crippen molar-refractivity contribution in [3.05, 3.63) is 22.4 Å². The smallest absolute Gasteiger partial charge is 0.319 e. The molecule has 0 aliphatic carbocycles. The molecule has 1 fully saturated rings. The van der Waals surface area contributed by atoms with E-state index in [1.54, 1.807) is 16.0 Å². The summed E-state index contributed by atoms with van der Waals surface area (Å²) in [4.78, 5) is 12.8. The summed E-state index contributed by atoms with van der Waals surface area (Å²) in [7, 11) is 0. The predicted octanol–water partition coefficient (Wildman–Crippen LogP) is 1.58. The van der Waals surface area contributed by atoms with Gasteiger partial charge in [0.2, 0.25) is 5.16 Å². The Morgan fingerprint density at radius 2 is 2.53 bits per heavy atom. The molecule has 0 amide bonds. The number of nitrogens with zero attached hydrogens (tertiary/aromatic N) is 4. The van der Waals surface area contributed by atoms with Crippen LogP contribution in [0, 0.1) is 0 Å². The number of thioether (sulfide) groups is 1. The molecule has 6 nitrogen and oxygen atoms in total. The molecule has 2 atom stereocenters. The van der Waals surface area contributed by atoms with Gasteiger partial charge in [-0.3, -0.25) is 4.79 Å². The van der Waals surface area contributed by atoms with Gasteiger partial charge in [-0.15, -0.1) is 16.4 Å². The molecule has 0 N–H and O–H groups in total. The van der Waals surface area contributed by atoms with Crippen molar-refractivity contribution < 1.29 is 9.53 Å². The van der Waals surface area contributed by atoms with Gasteiger partial charge in [0.15, 0.2) is 0 Å². The summed E-state index contributed by atoms with van der Waals surface area (Å²) in [5, 5.41) is 14.1. The van der Waals surface area contributed by atoms with Gasteiger partial charge in [-0.25, -0.2) is 4.68 Å². The number of hydrogen-bond donors (Lipinski definition) is 0. The van der Waals surface area contributed by atoms with Gasteiger partial charge < -0.3 is 4.74 Å². The van der Waals surface area contributed by atoms with E-state index in [1.165, 1.54) is 16.6 Å². The van der Waals surface area contributed by atoms with E-state index in [4.69, 9.17) is 4.74 Å². The maximum atomic E-state index is 11.6. The molecular weight excluding hydrogens is 284 g/mol. The number of aromatic nitrogens is 4. The Morgan fingerprint density at radius 3 is 3.21 bits per heavy atom. The van der Waals surface area contributed by atoms with Crippen LogP contribution >= 0.6 is 23.1 Å². The number of hydrogen-bond acceptors (Lipinski definition) is 7. The third-order valence-electron chi connectivity index (χ3n) is 2.76. The first-order valence-electron chi connectivity index (χ1n) is 5.88. The van der Waals surface area contributed by atoms with Gasteiger partial charge in [-0.2, -0.15) is 0 Å². The highest BCUT2D eigenvalue weighted by molar-refractivity contribution is 8.00. The molecular formula is C11H12N4O2S2. The minimum Gasteiger partial charge on any atom is -0.462 e. The van der Waals surface area contributed by atoms with Gasteiger partial charge >= 0.3 is 5.97 Å². The molecule has 2 aromatic heterocycles. The van der Waals surface area contributed by atoms with E-state index >= 15 is 0 Å². The molecule has 100 valence electrons. The summed E-state index contributed by atoms with van der Waals surface area (Å²) in [6, 6.07) is 4.03. The first-order chi connectivity index (χ1) is 9.22. The zero-order chi connectivity index (χ0) is 13.2. The molecule has 1 aliphatic heterocycles. The van der Waals surface area contributed by atoms with Crippen LogP contribution in [0.15, 0.2) is 22.7 Å². The Morgan fingerprint density at radius 1 is 1.63 bits per heavy atom. The van der Waals surface area contributed by atoms with Gasteiger partial charge in [0.05, 0.1) is 6.54 Å². The number of ether oxygens (including phenoxy) is 1. The highest BCUT2D eigenvalue weighted by atomic mass is 32.2. The predicted molar refractivity (Wildman–Crippen MR) is 71.1 cm³/mol. The van der Waals surface area contributed by atoms with Crippen LogP contribution in [0.25, 0.3) is 0 Å². The summed E-state index contributed by atoms with van der Waals surface area (Å²) in [5.74, 6) is -0.178. The van der Waals surface area contributed by atoms with Crippen molar-refractivity contribution in [1.29, 1.82) is 0 Å². The topological polar surface area (TPSA) is 69.9 Å². The average molecular weight is 296 g/mol. The van der Waals surface area contributed by atoms with Crippen molar-refractivity contribution >= 4 is 29.1 Å². The average Bonchev–Trinajstić information content (AvgIpc) is 3.06. The van der Waals surface area contributed by atoms with E-state index in [9.17, 15) is 4.79 Å². The SMILES string of the molecule is CC1CC(Sc2nnnn2Cc2cccs2)C(=O)O1. The van der Waals surface area contributed by atoms with E-state index < -0.39 is 0 Å². The lowest BCUT2D eigenvalue weighted by Crippen LogP contribution is -2.12. The van der Waals surface area contributed by atoms with Crippen LogP contribution in [0.4, 0.5) is 0 Å². The van der Waals surface area contributed by atoms with Gasteiger partial charge in [0.25, 0.3) is 0 Å². The van der Waals surface area contributed by atoms with Crippen LogP contribution in [-0.4, -0.2) is 37.5 Å². The molecule has 1 aliphatic rings. The Balaban J connectivity index is 1.72. The lowest BCUT2D eigenvalue weighted by molar-refractivity contribution is -0.140. The normalized spacial score (nSPS) is 22.7. The number of rotatable bonds is 4. The Hall–Kier alpha value is -1.41. The molecule has 2 aromatic rings. The highest BCUT2D eigenvalue weighted by Crippen LogP contribution is 2.30. The summed E-state index contributed by atoms with van der Waals surface area (Å²) in [6.45, 7) is 2.53. The lowest BCUT2D eigenvalue weighted by atomic mass is 10.3. The fourth-order valence-electron chi connectivity index (χ4n) is 1.87. The number of esters is 1. The quantitative estimate of drug-likeness (QED) is 0.798. The summed E-state index contributed by atoms with van der Waals surface area (Å²) < 4.78 is 6.85. The second-order valence-electron chi connectivity index (χ2n) is 4.29. The first kappa shape index (κ1) is 12.6. The van der Waals surface area contributed by atoms with E-state index in [0.29, 0.717) is 18.1 Å². The Kier molecular flexibility index (Phi) is 3.52. The molecule has 0 spiro atoms. The summed E-state index contributed by atoms with van der Waals surface area (Å²) >= 11 is 3.03. The molecule has 19 heavy (non-hydrogen) atoms. The van der Waals surface area contributed by atoms with Gasteiger partial charge in [-0.05, 0) is 28.8 Å². The van der Waals surface area contributed by atoms with Gasteiger partial charge in [0.1, 0.15) is 11.4 Å². The van der Waals surface area contributed by atoms with Crippen molar-refractivity contribution in [3.8, 4) is 0 Å². The van der Waals surface area contributed by atoms with E-state index in [-0.39, 0.29) is 17.3 Å². The monoisotopic (exact) mass is 296 g/mol. The van der Waals surface area contributed by atoms with Crippen molar-refractivity contribution in [2.75, 3.05) is 0 Å². The third kappa shape index (κ3) is 2.79. The molecule has 0 saturated carbocycles. The number of thiophene rings is 1. The molecule has 0 aromatic carbocycles. The molecule has 8 heteroatoms. The summed E-state index contributed by atoms with van der Waals surface area (Å²) in [6.07, 6.45) is 0.682. The summed E-state index contributed by atoms with van der Waals surface area (Å²) in [5.41, 5.74) is 0. The number of carbonyl (C=O) groups excluding carboxylic acids is 1. The van der Waals surface area contributed by atoms with Crippen LogP contribution in [-0.2, 0) is 16.1 Å². The molecule has 3 rings (SSSR count). The second-order valence-corrected chi connectivity index (χ2v) is 6.49. The van der Waals surface area contributed by atoms with Crippen molar-refractivity contribution in [1.82, 2.24) is 20.2 Å².